The van der Waals surface area contributed by atoms with Gasteiger partial charge in [-0.2, -0.15) is 0 Å². The first-order valence-electron chi connectivity index (χ1n) is 24.5. The highest BCUT2D eigenvalue weighted by molar-refractivity contribution is 6.05. The molecule has 19 N–H and O–H groups in total. The lowest BCUT2D eigenvalue weighted by Crippen LogP contribution is -2.47. The molecule has 0 aromatic heterocycles. The summed E-state index contributed by atoms with van der Waals surface area (Å²) < 4.78 is 0. The molecule has 8 bridgehead atoms. The third-order valence-corrected chi connectivity index (χ3v) is 12.7. The summed E-state index contributed by atoms with van der Waals surface area (Å²) >= 11 is 0. The van der Waals surface area contributed by atoms with Crippen LogP contribution >= 0.6 is 0 Å². The van der Waals surface area contributed by atoms with Crippen LogP contribution in [0.15, 0.2) is 48.5 Å². The topological polar surface area (TPSA) is 419 Å². The predicted molar refractivity (Wildman–Crippen MR) is 272 cm³/mol. The van der Waals surface area contributed by atoms with Crippen molar-refractivity contribution in [2.45, 2.75) is 44.3 Å². The molecular formula is C50H63N11O15. The van der Waals surface area contributed by atoms with E-state index in [1.165, 1.54) is 36.4 Å². The van der Waals surface area contributed by atoms with Crippen LogP contribution in [0, 0.1) is 0 Å². The highest BCUT2D eigenvalue weighted by atomic mass is 16.3. The van der Waals surface area contributed by atoms with Crippen LogP contribution in [0.4, 0.5) is 0 Å². The molecular weight excluding hydrogens is 995 g/mol. The Morgan fingerprint density at radius 3 is 1.43 bits per heavy atom. The van der Waals surface area contributed by atoms with E-state index in [4.69, 9.17) is 5.73 Å². The number of aromatic hydroxyl groups is 8. The first kappa shape index (κ1) is 56.7. The van der Waals surface area contributed by atoms with Crippen LogP contribution in [0.2, 0.25) is 0 Å². The molecule has 1 atom stereocenters. The van der Waals surface area contributed by atoms with E-state index >= 15 is 0 Å². The van der Waals surface area contributed by atoms with Gasteiger partial charge in [-0.25, -0.2) is 0 Å². The van der Waals surface area contributed by atoms with Gasteiger partial charge in [0.2, 0.25) is 0 Å². The quantitative estimate of drug-likeness (QED) is 0.0728. The minimum Gasteiger partial charge on any atom is -0.504 e. The lowest BCUT2D eigenvalue weighted by atomic mass is 10.0. The van der Waals surface area contributed by atoms with Gasteiger partial charge in [0.1, 0.15) is 0 Å². The number of carbonyl (C=O) groups is 7. The number of benzene rings is 4. The zero-order chi connectivity index (χ0) is 55.1. The van der Waals surface area contributed by atoms with Gasteiger partial charge >= 0.3 is 0 Å². The van der Waals surface area contributed by atoms with E-state index in [0.717, 1.165) is 12.1 Å². The normalized spacial score (nSPS) is 18.6. The van der Waals surface area contributed by atoms with E-state index in [-0.39, 0.29) is 142 Å². The van der Waals surface area contributed by atoms with Gasteiger partial charge in [0.25, 0.3) is 41.4 Å². The number of amides is 7. The van der Waals surface area contributed by atoms with E-state index in [9.17, 15) is 74.4 Å². The smallest absolute Gasteiger partial charge is 0.255 e. The van der Waals surface area contributed by atoms with Gasteiger partial charge in [-0.1, -0.05) is 6.07 Å². The fraction of sp³-hybridized carbons (Fsp3) is 0.380. The van der Waals surface area contributed by atoms with Gasteiger partial charge in [0.15, 0.2) is 46.0 Å². The number of phenols is 8. The predicted octanol–water partition coefficient (Wildman–Crippen LogP) is -1.19. The fourth-order valence-electron chi connectivity index (χ4n) is 8.34. The van der Waals surface area contributed by atoms with Crippen molar-refractivity contribution in [1.29, 1.82) is 0 Å². The summed E-state index contributed by atoms with van der Waals surface area (Å²) in [6, 6.07) is 8.15. The van der Waals surface area contributed by atoms with E-state index in [0.29, 0.717) is 13.0 Å². The molecule has 7 amide bonds. The largest absolute Gasteiger partial charge is 0.504 e. The van der Waals surface area contributed by atoms with Gasteiger partial charge in [-0.15, -0.1) is 0 Å². The monoisotopic (exact) mass is 1060 g/mol. The zero-order valence-electron chi connectivity index (χ0n) is 41.3. The van der Waals surface area contributed by atoms with E-state index in [1.807, 2.05) is 4.90 Å². The maximum absolute atomic E-state index is 13.9. The van der Waals surface area contributed by atoms with Crippen LogP contribution in [0.25, 0.3) is 0 Å². The first-order chi connectivity index (χ1) is 36.4. The van der Waals surface area contributed by atoms with Crippen molar-refractivity contribution in [2.24, 2.45) is 5.73 Å². The number of carbonyl (C=O) groups excluding carboxylic acids is 7. The Hall–Kier alpha value is -8.59. The summed E-state index contributed by atoms with van der Waals surface area (Å²) in [5, 5.41) is 112. The molecule has 12 aliphatic rings. The molecule has 26 heteroatoms. The molecule has 0 radical (unpaired) electrons. The summed E-state index contributed by atoms with van der Waals surface area (Å²) in [7, 11) is 0. The van der Waals surface area contributed by atoms with Crippen molar-refractivity contribution < 1.29 is 74.4 Å². The molecule has 408 valence electrons. The fourth-order valence-corrected chi connectivity index (χ4v) is 8.34. The molecule has 0 saturated carbocycles. The molecule has 0 unspecified atom stereocenters. The Morgan fingerprint density at radius 2 is 0.947 bits per heavy atom. The SMILES string of the molecule is NCCCNC(=O)c1ccc(C(=O)NCC[C@H]2CNC3CCNC(=O)c4ccc(c(O)c4O)C(=O)NCCN(CCNCc4ccc(c(O)c4O)C(=O)N2)CCNC(=O)c2ccc(c(O)c2O)C(=O)NCC3)c(O)c1O. The average Bonchev–Trinajstić information content (AvgIpc) is 3.39. The number of hydrogen-bond acceptors (Lipinski definition) is 19. The van der Waals surface area contributed by atoms with Crippen LogP contribution in [0.5, 0.6) is 46.0 Å². The van der Waals surface area contributed by atoms with E-state index in [1.54, 1.807) is 0 Å². The molecule has 16 rings (SSSR count). The molecule has 0 aliphatic carbocycles. The van der Waals surface area contributed by atoms with E-state index in [2.05, 4.69) is 47.9 Å². The van der Waals surface area contributed by atoms with E-state index < -0.39 is 99.4 Å². The summed E-state index contributed by atoms with van der Waals surface area (Å²) in [5.74, 6) is -12.0. The molecule has 26 nitrogen and oxygen atoms in total. The highest BCUT2D eigenvalue weighted by Gasteiger charge is 2.27. The maximum atomic E-state index is 13.9. The Labute approximate surface area is 435 Å². The molecule has 76 heavy (non-hydrogen) atoms. The second-order valence-corrected chi connectivity index (χ2v) is 17.9. The van der Waals surface area contributed by atoms with Crippen molar-refractivity contribution in [3.05, 3.63) is 93.0 Å². The standard InChI is InChI=1S/C50H63N11O15/c51-13-1-14-53-44(70)29-4-5-32(39(65)38(29)64)47(73)56-17-12-28-25-59-27-10-15-54-45(71)30-6-8-33(42(68)40(30)66)48(74)57-19-22-61(21-18-52-24-26-2-3-35(50(76)60-28)37(63)36(26)62)23-20-58-49(75)34-9-7-31(41(67)43(34)69)46(72)55-16-11-27/h2-9,27-28,52,59,62-69H,1,10-25,51H2,(H,53,70)(H,54,71)(H,55,72)(H,56,73)(H,57,74)(H,58,75)(H,60,76)/t28-/m0/s1. The van der Waals surface area contributed by atoms with Crippen molar-refractivity contribution in [3.8, 4) is 46.0 Å². The Bertz CT molecular complexity index is 2730. The zero-order valence-corrected chi connectivity index (χ0v) is 41.3. The molecule has 0 spiro atoms. The van der Waals surface area contributed by atoms with Crippen LogP contribution in [0.1, 0.15) is 104 Å². The molecule has 12 heterocycles. The lowest BCUT2D eigenvalue weighted by Gasteiger charge is -2.25. The average molecular weight is 1060 g/mol. The third-order valence-electron chi connectivity index (χ3n) is 12.7. The minimum atomic E-state index is -0.913. The number of rotatable bonds is 8. The third kappa shape index (κ3) is 14.2. The second-order valence-electron chi connectivity index (χ2n) is 17.9. The molecule has 12 aliphatic heterocycles. The van der Waals surface area contributed by atoms with Crippen LogP contribution in [-0.2, 0) is 6.54 Å². The second kappa shape index (κ2) is 26.6. The van der Waals surface area contributed by atoms with Crippen molar-refractivity contribution in [2.75, 3.05) is 78.5 Å². The van der Waals surface area contributed by atoms with Crippen LogP contribution in [0.3, 0.4) is 0 Å². The summed E-state index contributed by atoms with van der Waals surface area (Å²) in [6.07, 6.45) is 0.592. The molecule has 4 aromatic rings. The van der Waals surface area contributed by atoms with Gasteiger partial charge in [0.05, 0.1) is 38.9 Å². The number of nitrogens with two attached hydrogens (primary N) is 1. The minimum absolute atomic E-state index is 0.000528. The Kier molecular flexibility index (Phi) is 19.8. The first-order valence-corrected chi connectivity index (χ1v) is 24.5. The highest BCUT2D eigenvalue weighted by Crippen LogP contribution is 2.36. The van der Waals surface area contributed by atoms with Gasteiger partial charge in [-0.05, 0) is 74.7 Å². The summed E-state index contributed by atoms with van der Waals surface area (Å²) in [4.78, 5) is 95.0. The maximum Gasteiger partial charge on any atom is 0.255 e. The van der Waals surface area contributed by atoms with Gasteiger partial charge in [-0.3, -0.25) is 38.5 Å². The van der Waals surface area contributed by atoms with Gasteiger partial charge in [0, 0.05) is 96.2 Å². The number of nitrogens with one attached hydrogen (secondary N) is 9. The van der Waals surface area contributed by atoms with Crippen molar-refractivity contribution in [1.82, 2.24) is 52.8 Å². The van der Waals surface area contributed by atoms with Crippen molar-refractivity contribution in [3.63, 3.8) is 0 Å². The molecule has 0 fully saturated rings. The van der Waals surface area contributed by atoms with Gasteiger partial charge < -0.3 is 94.4 Å². The Morgan fingerprint density at radius 1 is 0.526 bits per heavy atom. The molecule has 4 aromatic carbocycles. The number of hydrogen-bond donors (Lipinski definition) is 18. The number of nitrogens with zero attached hydrogens (tertiary/aromatic N) is 1. The Balaban J connectivity index is 1.31. The van der Waals surface area contributed by atoms with Crippen LogP contribution < -0.4 is 53.6 Å². The summed E-state index contributed by atoms with van der Waals surface area (Å²) in [5.41, 5.74) is 3.37. The van der Waals surface area contributed by atoms with Crippen molar-refractivity contribution >= 4 is 41.4 Å². The molecule has 0 saturated heterocycles. The number of phenolic OH excluding ortho intramolecular Hbond substituents is 8. The van der Waals surface area contributed by atoms with Crippen LogP contribution in [-0.4, -0.2) is 178 Å². The lowest BCUT2D eigenvalue weighted by molar-refractivity contribution is 0.0915. The summed E-state index contributed by atoms with van der Waals surface area (Å²) in [6.45, 7) is 0.780.